The van der Waals surface area contributed by atoms with Gasteiger partial charge in [0.2, 0.25) is 0 Å². The summed E-state index contributed by atoms with van der Waals surface area (Å²) in [5, 5.41) is 0. The van der Waals surface area contributed by atoms with Crippen LogP contribution in [0.4, 0.5) is 13.2 Å². The van der Waals surface area contributed by atoms with E-state index in [0.717, 1.165) is 5.57 Å². The SMILES string of the molecule is O=C1NOC2=CC=C(c3ccc(OC(F)(F)F)cc3)C=CC12. The van der Waals surface area contributed by atoms with Crippen molar-refractivity contribution in [1.82, 2.24) is 5.48 Å². The maximum absolute atomic E-state index is 12.1. The third-order valence-corrected chi connectivity index (χ3v) is 3.18. The van der Waals surface area contributed by atoms with Crippen molar-refractivity contribution in [2.45, 2.75) is 6.36 Å². The van der Waals surface area contributed by atoms with Crippen LogP contribution in [0.1, 0.15) is 5.56 Å². The van der Waals surface area contributed by atoms with Crippen LogP contribution in [0, 0.1) is 5.92 Å². The Hall–Kier alpha value is -2.70. The standard InChI is InChI=1S/C15H10F3NO3/c16-15(17,18)21-11-5-1-9(2-6-11)10-3-7-12-13(8-4-10)22-19-14(12)20/h1-8,12H,(H,19,20). The molecule has 1 atom stereocenters. The number of carbonyl (C=O) groups is 1. The Bertz CT molecular complexity index is 687. The van der Waals surface area contributed by atoms with Gasteiger partial charge in [0, 0.05) is 0 Å². The molecule has 1 fully saturated rings. The van der Waals surface area contributed by atoms with Crippen LogP contribution in [0.5, 0.6) is 5.75 Å². The van der Waals surface area contributed by atoms with E-state index in [1.165, 1.54) is 24.3 Å². The summed E-state index contributed by atoms with van der Waals surface area (Å²) in [5.41, 5.74) is 3.71. The second-order valence-corrected chi connectivity index (χ2v) is 4.67. The molecule has 7 heteroatoms. The number of hydroxylamine groups is 1. The van der Waals surface area contributed by atoms with Gasteiger partial charge in [0.05, 0.1) is 0 Å². The Kier molecular flexibility index (Phi) is 3.40. The topological polar surface area (TPSA) is 47.6 Å². The van der Waals surface area contributed by atoms with Crippen LogP contribution in [0.25, 0.3) is 5.57 Å². The second-order valence-electron chi connectivity index (χ2n) is 4.67. The predicted octanol–water partition coefficient (Wildman–Crippen LogP) is 3.10. The highest BCUT2D eigenvalue weighted by molar-refractivity contribution is 5.87. The molecule has 1 aliphatic heterocycles. The number of alkyl halides is 3. The molecule has 0 saturated carbocycles. The fourth-order valence-electron chi connectivity index (χ4n) is 2.15. The van der Waals surface area contributed by atoms with Gasteiger partial charge >= 0.3 is 6.36 Å². The lowest BCUT2D eigenvalue weighted by atomic mass is 10.0. The number of rotatable bonds is 2. The van der Waals surface area contributed by atoms with Gasteiger partial charge in [-0.3, -0.25) is 4.79 Å². The van der Waals surface area contributed by atoms with Gasteiger partial charge in [-0.05, 0) is 29.3 Å². The van der Waals surface area contributed by atoms with Crippen LogP contribution >= 0.6 is 0 Å². The van der Waals surface area contributed by atoms with Gasteiger partial charge in [-0.2, -0.15) is 5.48 Å². The van der Waals surface area contributed by atoms with E-state index in [-0.39, 0.29) is 11.7 Å². The quantitative estimate of drug-likeness (QED) is 0.913. The predicted molar refractivity (Wildman–Crippen MR) is 71.0 cm³/mol. The number of nitrogens with one attached hydrogen (secondary N) is 1. The molecule has 1 N–H and O–H groups in total. The van der Waals surface area contributed by atoms with E-state index in [4.69, 9.17) is 4.84 Å². The molecule has 0 spiro atoms. The van der Waals surface area contributed by atoms with Gasteiger partial charge in [0.25, 0.3) is 5.91 Å². The number of benzene rings is 1. The van der Waals surface area contributed by atoms with Crippen LogP contribution in [0.2, 0.25) is 0 Å². The molecule has 3 rings (SSSR count). The van der Waals surface area contributed by atoms with Crippen molar-refractivity contribution in [1.29, 1.82) is 0 Å². The number of allylic oxidation sites excluding steroid dienone is 4. The fraction of sp³-hybridized carbons (Fsp3) is 0.133. The number of carbonyl (C=O) groups excluding carboxylic acids is 1. The van der Waals surface area contributed by atoms with Gasteiger partial charge in [-0.1, -0.05) is 30.4 Å². The number of fused-ring (bicyclic) bond motifs is 1. The van der Waals surface area contributed by atoms with Crippen molar-refractivity contribution < 1.29 is 27.5 Å². The minimum atomic E-state index is -4.71. The molecule has 22 heavy (non-hydrogen) atoms. The molecule has 2 aliphatic rings. The molecular formula is C15H10F3NO3. The van der Waals surface area contributed by atoms with E-state index >= 15 is 0 Å². The molecule has 4 nitrogen and oxygen atoms in total. The first kappa shape index (κ1) is 14.2. The van der Waals surface area contributed by atoms with Gasteiger partial charge in [-0.15, -0.1) is 13.2 Å². The summed E-state index contributed by atoms with van der Waals surface area (Å²) in [6.45, 7) is 0. The van der Waals surface area contributed by atoms with Crippen molar-refractivity contribution in [3.63, 3.8) is 0 Å². The normalized spacial score (nSPS) is 20.3. The lowest BCUT2D eigenvalue weighted by Gasteiger charge is -2.09. The largest absolute Gasteiger partial charge is 0.573 e. The maximum atomic E-state index is 12.1. The van der Waals surface area contributed by atoms with E-state index in [2.05, 4.69) is 10.2 Å². The Labute approximate surface area is 123 Å². The van der Waals surface area contributed by atoms with Crippen molar-refractivity contribution in [3.05, 3.63) is 59.9 Å². The molecule has 1 saturated heterocycles. The number of hydrogen-bond donors (Lipinski definition) is 1. The third kappa shape index (κ3) is 2.98. The Morgan fingerprint density at radius 3 is 2.55 bits per heavy atom. The minimum Gasteiger partial charge on any atom is -0.406 e. The molecule has 1 aromatic rings. The summed E-state index contributed by atoms with van der Waals surface area (Å²) >= 11 is 0. The Morgan fingerprint density at radius 1 is 1.14 bits per heavy atom. The zero-order chi connectivity index (χ0) is 15.7. The minimum absolute atomic E-state index is 0.258. The highest BCUT2D eigenvalue weighted by Gasteiger charge is 2.31. The summed E-state index contributed by atoms with van der Waals surface area (Å²) in [6.07, 6.45) is 2.06. The lowest BCUT2D eigenvalue weighted by Crippen LogP contribution is -2.17. The highest BCUT2D eigenvalue weighted by atomic mass is 19.4. The number of hydrogen-bond acceptors (Lipinski definition) is 3. The summed E-state index contributed by atoms with van der Waals surface area (Å²) in [5.74, 6) is -0.548. The number of halogens is 3. The molecule has 0 aromatic heterocycles. The second kappa shape index (κ2) is 5.25. The summed E-state index contributed by atoms with van der Waals surface area (Å²) in [7, 11) is 0. The molecule has 1 aromatic carbocycles. The zero-order valence-corrected chi connectivity index (χ0v) is 11.1. The van der Waals surface area contributed by atoms with Crippen LogP contribution in [-0.4, -0.2) is 12.3 Å². The van der Waals surface area contributed by atoms with E-state index in [1.54, 1.807) is 24.3 Å². The third-order valence-electron chi connectivity index (χ3n) is 3.18. The average molecular weight is 309 g/mol. The monoisotopic (exact) mass is 309 g/mol. The van der Waals surface area contributed by atoms with E-state index in [0.29, 0.717) is 11.3 Å². The first-order valence-electron chi connectivity index (χ1n) is 6.35. The van der Waals surface area contributed by atoms with Gasteiger partial charge in [0.15, 0.2) is 0 Å². The molecule has 0 bridgehead atoms. The summed E-state index contributed by atoms with van der Waals surface area (Å²) in [6, 6.07) is 5.49. The number of amides is 1. The summed E-state index contributed by atoms with van der Waals surface area (Å²) in [4.78, 5) is 16.5. The van der Waals surface area contributed by atoms with Gasteiger partial charge in [0.1, 0.15) is 17.4 Å². The van der Waals surface area contributed by atoms with Crippen molar-refractivity contribution in [2.75, 3.05) is 0 Å². The first-order valence-corrected chi connectivity index (χ1v) is 6.35. The highest BCUT2D eigenvalue weighted by Crippen LogP contribution is 2.29. The smallest absolute Gasteiger partial charge is 0.406 e. The zero-order valence-electron chi connectivity index (χ0n) is 11.1. The molecular weight excluding hydrogens is 299 g/mol. The fourth-order valence-corrected chi connectivity index (χ4v) is 2.15. The molecule has 0 radical (unpaired) electrons. The lowest BCUT2D eigenvalue weighted by molar-refractivity contribution is -0.274. The van der Waals surface area contributed by atoms with Crippen LogP contribution in [0.3, 0.4) is 0 Å². The molecule has 1 heterocycles. The average Bonchev–Trinajstić information content (AvgIpc) is 2.68. The Balaban J connectivity index is 1.82. The van der Waals surface area contributed by atoms with Crippen molar-refractivity contribution >= 4 is 11.5 Å². The molecule has 1 amide bonds. The number of ether oxygens (including phenoxy) is 1. The molecule has 114 valence electrons. The van der Waals surface area contributed by atoms with Crippen LogP contribution in [0.15, 0.2) is 54.3 Å². The molecule has 1 unspecified atom stereocenters. The van der Waals surface area contributed by atoms with Gasteiger partial charge in [-0.25, -0.2) is 0 Å². The van der Waals surface area contributed by atoms with Crippen molar-refractivity contribution in [3.8, 4) is 5.75 Å². The van der Waals surface area contributed by atoms with Crippen LogP contribution in [-0.2, 0) is 9.63 Å². The van der Waals surface area contributed by atoms with Crippen molar-refractivity contribution in [2.24, 2.45) is 5.92 Å². The van der Waals surface area contributed by atoms with E-state index in [9.17, 15) is 18.0 Å². The summed E-state index contributed by atoms with van der Waals surface area (Å²) < 4.78 is 40.2. The Morgan fingerprint density at radius 2 is 1.86 bits per heavy atom. The van der Waals surface area contributed by atoms with E-state index in [1.807, 2.05) is 0 Å². The van der Waals surface area contributed by atoms with E-state index < -0.39 is 12.3 Å². The maximum Gasteiger partial charge on any atom is 0.573 e. The van der Waals surface area contributed by atoms with Crippen LogP contribution < -0.4 is 10.2 Å². The molecule has 1 aliphatic carbocycles. The first-order chi connectivity index (χ1) is 10.4. The van der Waals surface area contributed by atoms with Gasteiger partial charge < -0.3 is 9.57 Å².